The van der Waals surface area contributed by atoms with E-state index in [4.69, 9.17) is 10.5 Å². The Morgan fingerprint density at radius 2 is 2.05 bits per heavy atom. The van der Waals surface area contributed by atoms with Crippen LogP contribution in [0.5, 0.6) is 0 Å². The molecule has 0 saturated heterocycles. The topological polar surface area (TPSA) is 72.6 Å². The fraction of sp³-hybridized carbons (Fsp3) is 0.385. The van der Waals surface area contributed by atoms with Gasteiger partial charge < -0.3 is 15.4 Å². The molecule has 0 fully saturated rings. The molecule has 0 aliphatic rings. The lowest BCUT2D eigenvalue weighted by atomic mass is 10.2. The number of carbonyl (C=O) groups is 2. The molecule has 0 aliphatic carbocycles. The van der Waals surface area contributed by atoms with Crippen molar-refractivity contribution in [2.45, 2.75) is 19.9 Å². The van der Waals surface area contributed by atoms with Crippen LogP contribution in [-0.2, 0) is 9.53 Å². The van der Waals surface area contributed by atoms with Crippen molar-refractivity contribution in [1.82, 2.24) is 4.90 Å². The number of esters is 1. The average molecular weight is 329 g/mol. The van der Waals surface area contributed by atoms with Crippen molar-refractivity contribution in [2.75, 3.05) is 19.4 Å². The van der Waals surface area contributed by atoms with Crippen molar-refractivity contribution in [3.63, 3.8) is 0 Å². The smallest absolute Gasteiger partial charge is 0.338 e. The van der Waals surface area contributed by atoms with Gasteiger partial charge in [-0.1, -0.05) is 0 Å². The number of hydrogen-bond donors (Lipinski definition) is 1. The third-order valence-electron chi connectivity index (χ3n) is 2.73. The highest BCUT2D eigenvalue weighted by molar-refractivity contribution is 9.10. The second-order valence-corrected chi connectivity index (χ2v) is 5.27. The van der Waals surface area contributed by atoms with Gasteiger partial charge in [-0.25, -0.2) is 4.79 Å². The molecule has 0 saturated carbocycles. The Bertz CT molecular complexity index is 489. The Kier molecular flexibility index (Phi) is 5.35. The first-order chi connectivity index (χ1) is 8.82. The zero-order valence-electron chi connectivity index (χ0n) is 11.1. The van der Waals surface area contributed by atoms with Gasteiger partial charge in [0.15, 0.2) is 6.61 Å². The highest BCUT2D eigenvalue weighted by atomic mass is 79.9. The van der Waals surface area contributed by atoms with Gasteiger partial charge in [-0.05, 0) is 48.0 Å². The lowest BCUT2D eigenvalue weighted by Crippen LogP contribution is -2.36. The number of anilines is 1. The maximum atomic E-state index is 11.7. The van der Waals surface area contributed by atoms with Gasteiger partial charge in [0.25, 0.3) is 5.91 Å². The van der Waals surface area contributed by atoms with E-state index in [1.165, 1.54) is 11.0 Å². The molecule has 1 aromatic rings. The second kappa shape index (κ2) is 6.56. The predicted molar refractivity (Wildman–Crippen MR) is 76.7 cm³/mol. The first-order valence-corrected chi connectivity index (χ1v) is 6.60. The minimum absolute atomic E-state index is 0.0644. The summed E-state index contributed by atoms with van der Waals surface area (Å²) in [5, 5.41) is 0. The Balaban J connectivity index is 2.61. The van der Waals surface area contributed by atoms with Crippen LogP contribution in [0.15, 0.2) is 22.7 Å². The third-order valence-corrected chi connectivity index (χ3v) is 3.45. The minimum Gasteiger partial charge on any atom is -0.452 e. The first kappa shape index (κ1) is 15.5. The third kappa shape index (κ3) is 4.24. The summed E-state index contributed by atoms with van der Waals surface area (Å²) in [6, 6.07) is 4.81. The van der Waals surface area contributed by atoms with E-state index >= 15 is 0 Å². The average Bonchev–Trinajstić information content (AvgIpc) is 2.37. The number of rotatable bonds is 4. The van der Waals surface area contributed by atoms with Crippen LogP contribution in [0.2, 0.25) is 0 Å². The number of halogens is 1. The van der Waals surface area contributed by atoms with E-state index in [-0.39, 0.29) is 18.6 Å². The number of nitrogens with two attached hydrogens (primary N) is 1. The maximum absolute atomic E-state index is 11.7. The number of ether oxygens (including phenoxy) is 1. The van der Waals surface area contributed by atoms with Crippen molar-refractivity contribution in [3.8, 4) is 0 Å². The molecule has 1 amide bonds. The lowest BCUT2D eigenvalue weighted by molar-refractivity contribution is -0.134. The summed E-state index contributed by atoms with van der Waals surface area (Å²) in [6.07, 6.45) is 0. The molecule has 104 valence electrons. The number of carbonyl (C=O) groups excluding carboxylic acids is 2. The summed E-state index contributed by atoms with van der Waals surface area (Å²) in [6.45, 7) is 3.49. The van der Waals surface area contributed by atoms with Gasteiger partial charge in [0.2, 0.25) is 0 Å². The SMILES string of the molecule is CC(C)N(C)C(=O)COC(=O)c1ccc(Br)c(N)c1. The number of nitrogen functional groups attached to an aromatic ring is 1. The highest BCUT2D eigenvalue weighted by Crippen LogP contribution is 2.20. The predicted octanol–water partition coefficient (Wildman–Crippen LogP) is 2.05. The molecule has 0 spiro atoms. The highest BCUT2D eigenvalue weighted by Gasteiger charge is 2.15. The molecule has 0 heterocycles. The molecule has 6 heteroatoms. The van der Waals surface area contributed by atoms with Crippen molar-refractivity contribution >= 4 is 33.5 Å². The van der Waals surface area contributed by atoms with Gasteiger partial charge in [-0.3, -0.25) is 4.79 Å². The summed E-state index contributed by atoms with van der Waals surface area (Å²) in [4.78, 5) is 24.9. The van der Waals surface area contributed by atoms with Gasteiger partial charge in [-0.2, -0.15) is 0 Å². The number of likely N-dealkylation sites (N-methyl/N-ethyl adjacent to an activating group) is 1. The molecule has 1 rings (SSSR count). The van der Waals surface area contributed by atoms with Gasteiger partial charge in [-0.15, -0.1) is 0 Å². The fourth-order valence-corrected chi connectivity index (χ4v) is 1.52. The number of nitrogens with zero attached hydrogens (tertiary/aromatic N) is 1. The van der Waals surface area contributed by atoms with E-state index < -0.39 is 5.97 Å². The Hall–Kier alpha value is -1.56. The summed E-state index contributed by atoms with van der Waals surface area (Å²) >= 11 is 3.24. The molecular weight excluding hydrogens is 312 g/mol. The molecule has 0 bridgehead atoms. The first-order valence-electron chi connectivity index (χ1n) is 5.80. The van der Waals surface area contributed by atoms with Crippen LogP contribution < -0.4 is 5.73 Å². The summed E-state index contributed by atoms with van der Waals surface area (Å²) in [7, 11) is 1.67. The molecule has 0 atom stereocenters. The van der Waals surface area contributed by atoms with Crippen LogP contribution >= 0.6 is 15.9 Å². The Morgan fingerprint density at radius 3 is 2.58 bits per heavy atom. The monoisotopic (exact) mass is 328 g/mol. The van der Waals surface area contributed by atoms with Crippen LogP contribution in [0.1, 0.15) is 24.2 Å². The molecular formula is C13H17BrN2O3. The fourth-order valence-electron chi connectivity index (χ4n) is 1.27. The van der Waals surface area contributed by atoms with Gasteiger partial charge in [0.1, 0.15) is 0 Å². The van der Waals surface area contributed by atoms with Gasteiger partial charge in [0, 0.05) is 23.2 Å². The van der Waals surface area contributed by atoms with Crippen molar-refractivity contribution < 1.29 is 14.3 Å². The summed E-state index contributed by atoms with van der Waals surface area (Å²) in [5.74, 6) is -0.807. The Labute approximate surface area is 120 Å². The standard InChI is InChI=1S/C13H17BrN2O3/c1-8(2)16(3)12(17)7-19-13(18)9-4-5-10(14)11(15)6-9/h4-6,8H,7,15H2,1-3H3. The second-order valence-electron chi connectivity index (χ2n) is 4.41. The van der Waals surface area contributed by atoms with Gasteiger partial charge in [0.05, 0.1) is 5.56 Å². The lowest BCUT2D eigenvalue weighted by Gasteiger charge is -2.21. The van der Waals surface area contributed by atoms with E-state index in [9.17, 15) is 9.59 Å². The van der Waals surface area contributed by atoms with Gasteiger partial charge >= 0.3 is 5.97 Å². The molecule has 0 aromatic heterocycles. The summed E-state index contributed by atoms with van der Waals surface area (Å²) < 4.78 is 5.66. The molecule has 2 N–H and O–H groups in total. The minimum atomic E-state index is -0.565. The maximum Gasteiger partial charge on any atom is 0.338 e. The van der Waals surface area contributed by atoms with Crippen LogP contribution in [0.25, 0.3) is 0 Å². The number of amides is 1. The van der Waals surface area contributed by atoms with Crippen molar-refractivity contribution in [1.29, 1.82) is 0 Å². The van der Waals surface area contributed by atoms with Crippen LogP contribution in [0.4, 0.5) is 5.69 Å². The molecule has 1 aromatic carbocycles. The zero-order valence-corrected chi connectivity index (χ0v) is 12.7. The zero-order chi connectivity index (χ0) is 14.6. The van der Waals surface area contributed by atoms with E-state index in [2.05, 4.69) is 15.9 Å². The quantitative estimate of drug-likeness (QED) is 0.678. The van der Waals surface area contributed by atoms with E-state index in [1.807, 2.05) is 13.8 Å². The van der Waals surface area contributed by atoms with Crippen molar-refractivity contribution in [2.24, 2.45) is 0 Å². The van der Waals surface area contributed by atoms with E-state index in [1.54, 1.807) is 19.2 Å². The Morgan fingerprint density at radius 1 is 1.42 bits per heavy atom. The van der Waals surface area contributed by atoms with E-state index in [0.29, 0.717) is 15.7 Å². The molecule has 0 unspecified atom stereocenters. The molecule has 5 nitrogen and oxygen atoms in total. The largest absolute Gasteiger partial charge is 0.452 e. The summed E-state index contributed by atoms with van der Waals surface area (Å²) in [5.41, 5.74) is 6.44. The van der Waals surface area contributed by atoms with Crippen LogP contribution in [0.3, 0.4) is 0 Å². The van der Waals surface area contributed by atoms with Crippen LogP contribution in [-0.4, -0.2) is 36.5 Å². The molecule has 0 radical (unpaired) electrons. The van der Waals surface area contributed by atoms with Crippen LogP contribution in [0, 0.1) is 0 Å². The van der Waals surface area contributed by atoms with E-state index in [0.717, 1.165) is 0 Å². The molecule has 0 aliphatic heterocycles. The number of hydrogen-bond acceptors (Lipinski definition) is 4. The number of benzene rings is 1. The van der Waals surface area contributed by atoms with Crippen molar-refractivity contribution in [3.05, 3.63) is 28.2 Å². The normalized spacial score (nSPS) is 10.4. The molecule has 19 heavy (non-hydrogen) atoms.